The van der Waals surface area contributed by atoms with E-state index in [2.05, 4.69) is 30.4 Å². The van der Waals surface area contributed by atoms with Crippen LogP contribution < -0.4 is 4.72 Å². The highest BCUT2D eigenvalue weighted by Gasteiger charge is 2.35. The topological polar surface area (TPSA) is 102 Å². The minimum atomic E-state index is -3.13. The minimum Gasteiger partial charge on any atom is -0.466 e. The van der Waals surface area contributed by atoms with Gasteiger partial charge >= 0.3 is 11.9 Å². The maximum absolute atomic E-state index is 12.8. The average molecular weight is 813 g/mol. The van der Waals surface area contributed by atoms with Gasteiger partial charge in [0.25, 0.3) is 0 Å². The summed E-state index contributed by atoms with van der Waals surface area (Å²) in [5, 5.41) is -0.167. The first kappa shape index (κ1) is 52.8. The number of ether oxygens (including phenoxy) is 2. The molecule has 0 heterocycles. The van der Waals surface area contributed by atoms with E-state index >= 15 is 0 Å². The van der Waals surface area contributed by atoms with E-state index in [9.17, 15) is 18.0 Å². The number of carbonyl (C=O) groups excluding carboxylic acids is 2. The Bertz CT molecular complexity index is 1000. The van der Waals surface area contributed by atoms with Crippen LogP contribution in [0.15, 0.2) is 0 Å². The number of unbranched alkanes of at least 4 members (excludes halogenated alkanes) is 23. The summed E-state index contributed by atoms with van der Waals surface area (Å²) in [5.41, 5.74) is 0. The summed E-state index contributed by atoms with van der Waals surface area (Å²) in [6.45, 7) is 10.8. The Hall–Kier alpha value is -1.19. The van der Waals surface area contributed by atoms with Crippen LogP contribution in [0.5, 0.6) is 0 Å². The van der Waals surface area contributed by atoms with Gasteiger partial charge in [0.05, 0.1) is 11.9 Å². The fourth-order valence-electron chi connectivity index (χ4n) is 7.57. The maximum Gasteiger partial charge on any atom is 0.306 e. The molecule has 1 atom stereocenters. The molecule has 8 nitrogen and oxygen atoms in total. The lowest BCUT2D eigenvalue weighted by Crippen LogP contribution is -2.32. The van der Waals surface area contributed by atoms with Crippen molar-refractivity contribution in [1.82, 2.24) is 9.62 Å². The van der Waals surface area contributed by atoms with Gasteiger partial charge in [0.1, 0.15) is 6.10 Å². The monoisotopic (exact) mass is 813 g/mol. The van der Waals surface area contributed by atoms with Gasteiger partial charge in [0.2, 0.25) is 10.0 Å². The number of nitrogens with one attached hydrogen (secondary N) is 1. The Kier molecular flexibility index (Phi) is 35.9. The molecule has 1 fully saturated rings. The largest absolute Gasteiger partial charge is 0.466 e. The van der Waals surface area contributed by atoms with Gasteiger partial charge in [-0.2, -0.15) is 0 Å². The molecule has 0 aromatic carbocycles. The number of carbonyl (C=O) groups is 2. The molecule has 1 saturated carbocycles. The van der Waals surface area contributed by atoms with Gasteiger partial charge in [-0.1, -0.05) is 156 Å². The van der Waals surface area contributed by atoms with E-state index in [1.54, 1.807) is 0 Å². The Morgan fingerprint density at radius 2 is 0.946 bits per heavy atom. The molecule has 1 rings (SSSR count). The Balaban J connectivity index is 2.28. The summed E-state index contributed by atoms with van der Waals surface area (Å²) in [4.78, 5) is 27.4. The van der Waals surface area contributed by atoms with Gasteiger partial charge in [0, 0.05) is 19.4 Å². The first-order valence-electron chi connectivity index (χ1n) is 24.4. The fourth-order valence-corrected chi connectivity index (χ4v) is 8.99. The van der Waals surface area contributed by atoms with Crippen molar-refractivity contribution in [3.63, 3.8) is 0 Å². The van der Waals surface area contributed by atoms with Crippen LogP contribution in [-0.4, -0.2) is 69.4 Å². The quantitative estimate of drug-likeness (QED) is 0.0483. The molecule has 1 aliphatic carbocycles. The molecule has 0 radical (unpaired) electrons. The van der Waals surface area contributed by atoms with Crippen molar-refractivity contribution in [2.45, 2.75) is 257 Å². The van der Waals surface area contributed by atoms with Gasteiger partial charge in [0.15, 0.2) is 0 Å². The highest BCUT2D eigenvalue weighted by Crippen LogP contribution is 2.27. The zero-order valence-corrected chi connectivity index (χ0v) is 38.1. The van der Waals surface area contributed by atoms with Crippen LogP contribution in [0.25, 0.3) is 0 Å². The molecule has 1 unspecified atom stereocenters. The Labute approximate surface area is 347 Å². The molecule has 56 heavy (non-hydrogen) atoms. The summed E-state index contributed by atoms with van der Waals surface area (Å²) < 4.78 is 38.8. The first-order chi connectivity index (χ1) is 27.3. The molecule has 0 saturated heterocycles. The van der Waals surface area contributed by atoms with Crippen molar-refractivity contribution in [2.75, 3.05) is 32.8 Å². The normalized spacial score (nSPS) is 13.7. The SMILES string of the molecule is CCCCCCCCCOC(=O)CCCCCCCN(CCCCCCCC(=O)OC(CCCCCCC)CCCCCCCC)CCCNS(=O)(=O)C1CC1. The van der Waals surface area contributed by atoms with Crippen LogP contribution in [0.1, 0.15) is 245 Å². The van der Waals surface area contributed by atoms with Crippen LogP contribution in [-0.2, 0) is 29.1 Å². The van der Waals surface area contributed by atoms with Gasteiger partial charge < -0.3 is 14.4 Å². The van der Waals surface area contributed by atoms with Crippen molar-refractivity contribution in [2.24, 2.45) is 0 Å². The minimum absolute atomic E-state index is 0.00300. The number of hydrogen-bond donors (Lipinski definition) is 1. The molecular weight excluding hydrogens is 721 g/mol. The third-order valence-corrected chi connectivity index (χ3v) is 13.4. The summed E-state index contributed by atoms with van der Waals surface area (Å²) in [6, 6.07) is 0. The number of sulfonamides is 1. The summed E-state index contributed by atoms with van der Waals surface area (Å²) in [5.74, 6) is -0.0490. The van der Waals surface area contributed by atoms with Gasteiger partial charge in [-0.3, -0.25) is 9.59 Å². The second-order valence-corrected chi connectivity index (χ2v) is 19.1. The number of rotatable bonds is 44. The second-order valence-electron chi connectivity index (χ2n) is 17.1. The second kappa shape index (κ2) is 38.0. The first-order valence-corrected chi connectivity index (χ1v) is 25.9. The molecule has 0 spiro atoms. The van der Waals surface area contributed by atoms with Crippen molar-refractivity contribution in [1.29, 1.82) is 0 Å². The van der Waals surface area contributed by atoms with Crippen LogP contribution in [0.2, 0.25) is 0 Å². The smallest absolute Gasteiger partial charge is 0.306 e. The molecule has 1 aliphatic rings. The lowest BCUT2D eigenvalue weighted by molar-refractivity contribution is -0.150. The summed E-state index contributed by atoms with van der Waals surface area (Å²) in [6.07, 6.45) is 38.8. The lowest BCUT2D eigenvalue weighted by atomic mass is 10.0. The van der Waals surface area contributed by atoms with E-state index in [0.717, 1.165) is 129 Å². The summed E-state index contributed by atoms with van der Waals surface area (Å²) in [7, 11) is -3.13. The van der Waals surface area contributed by atoms with Crippen LogP contribution >= 0.6 is 0 Å². The molecule has 0 aliphatic heterocycles. The molecule has 0 aromatic rings. The molecule has 9 heteroatoms. The zero-order valence-electron chi connectivity index (χ0n) is 37.2. The van der Waals surface area contributed by atoms with E-state index < -0.39 is 10.0 Å². The van der Waals surface area contributed by atoms with E-state index in [4.69, 9.17) is 9.47 Å². The van der Waals surface area contributed by atoms with Gasteiger partial charge in [-0.15, -0.1) is 0 Å². The highest BCUT2D eigenvalue weighted by molar-refractivity contribution is 7.90. The van der Waals surface area contributed by atoms with Crippen LogP contribution in [0, 0.1) is 0 Å². The number of hydrogen-bond acceptors (Lipinski definition) is 7. The van der Waals surface area contributed by atoms with Crippen molar-refractivity contribution >= 4 is 22.0 Å². The number of nitrogens with zero attached hydrogens (tertiary/aromatic N) is 1. The van der Waals surface area contributed by atoms with E-state index in [1.807, 2.05) is 0 Å². The third-order valence-electron chi connectivity index (χ3n) is 11.4. The molecule has 0 amide bonds. The molecule has 0 aromatic heterocycles. The van der Waals surface area contributed by atoms with E-state index in [1.165, 1.54) is 103 Å². The molecule has 0 bridgehead atoms. The van der Waals surface area contributed by atoms with E-state index in [0.29, 0.717) is 26.0 Å². The van der Waals surface area contributed by atoms with Crippen LogP contribution in [0.4, 0.5) is 0 Å². The number of esters is 2. The average Bonchev–Trinajstić information content (AvgIpc) is 4.04. The predicted molar refractivity (Wildman–Crippen MR) is 237 cm³/mol. The lowest BCUT2D eigenvalue weighted by Gasteiger charge is -2.22. The van der Waals surface area contributed by atoms with Crippen molar-refractivity contribution in [3.8, 4) is 0 Å². The van der Waals surface area contributed by atoms with Crippen LogP contribution in [0.3, 0.4) is 0 Å². The Morgan fingerprint density at radius 3 is 1.45 bits per heavy atom. The van der Waals surface area contributed by atoms with Crippen molar-refractivity contribution < 1.29 is 27.5 Å². The fraction of sp³-hybridized carbons (Fsp3) is 0.957. The summed E-state index contributed by atoms with van der Waals surface area (Å²) >= 11 is 0. The predicted octanol–water partition coefficient (Wildman–Crippen LogP) is 12.8. The molecular formula is C47H92N2O6S. The van der Waals surface area contributed by atoms with Gasteiger partial charge in [-0.25, -0.2) is 13.1 Å². The maximum atomic E-state index is 12.8. The van der Waals surface area contributed by atoms with E-state index in [-0.39, 0.29) is 23.3 Å². The molecule has 1 N–H and O–H groups in total. The van der Waals surface area contributed by atoms with Crippen molar-refractivity contribution in [3.05, 3.63) is 0 Å². The zero-order chi connectivity index (χ0) is 40.8. The Morgan fingerprint density at radius 1 is 0.536 bits per heavy atom. The van der Waals surface area contributed by atoms with Gasteiger partial charge in [-0.05, 0) is 96.7 Å². The highest BCUT2D eigenvalue weighted by atomic mass is 32.2. The standard InChI is InChI=1S/C47H92N2O6S/c1-4-7-10-13-15-24-31-43-54-46(50)35-27-20-16-22-29-40-49(42-32-39-48-56(52,53)45-37-38-45)41-30-23-17-21-28-36-47(51)55-44(33-25-18-12-9-6-3)34-26-19-14-11-8-5-2/h44-45,48H,4-43H2,1-3H3. The third kappa shape index (κ3) is 33.7. The molecule has 332 valence electrons.